The van der Waals surface area contributed by atoms with Crippen molar-refractivity contribution in [2.24, 2.45) is 0 Å². The molecule has 0 atom stereocenters. The zero-order valence-electron chi connectivity index (χ0n) is 12.2. The number of nitrogens with one attached hydrogen (secondary N) is 1. The first-order valence-corrected chi connectivity index (χ1v) is 8.08. The van der Waals surface area contributed by atoms with E-state index in [0.29, 0.717) is 18.1 Å². The zero-order valence-corrected chi connectivity index (χ0v) is 13.0. The summed E-state index contributed by atoms with van der Waals surface area (Å²) >= 11 is 1.69. The fourth-order valence-electron chi connectivity index (χ4n) is 1.82. The Labute approximate surface area is 128 Å². The van der Waals surface area contributed by atoms with Crippen molar-refractivity contribution in [3.63, 3.8) is 0 Å². The summed E-state index contributed by atoms with van der Waals surface area (Å²) < 4.78 is 5.55. The molecule has 1 amide bonds. The van der Waals surface area contributed by atoms with E-state index in [2.05, 4.69) is 10.2 Å². The fourth-order valence-corrected chi connectivity index (χ4v) is 2.18. The van der Waals surface area contributed by atoms with Gasteiger partial charge in [-0.2, -0.15) is 16.9 Å². The molecule has 0 saturated carbocycles. The van der Waals surface area contributed by atoms with Gasteiger partial charge in [-0.25, -0.2) is 0 Å². The Kier molecular flexibility index (Phi) is 5.68. The van der Waals surface area contributed by atoms with Gasteiger partial charge in [0.05, 0.1) is 6.20 Å². The fraction of sp³-hybridized carbons (Fsp3) is 0.333. The van der Waals surface area contributed by atoms with Crippen LogP contribution in [0.3, 0.4) is 0 Å². The number of aryl methyl sites for hydroxylation is 1. The second kappa shape index (κ2) is 7.73. The smallest absolute Gasteiger partial charge is 0.266 e. The lowest BCUT2D eigenvalue weighted by Crippen LogP contribution is -2.37. The molecule has 2 rings (SSSR count). The molecular weight excluding hydrogens is 286 g/mol. The Morgan fingerprint density at radius 2 is 2.10 bits per heavy atom. The van der Waals surface area contributed by atoms with Crippen molar-refractivity contribution >= 4 is 23.5 Å². The van der Waals surface area contributed by atoms with Gasteiger partial charge in [-0.05, 0) is 25.3 Å². The van der Waals surface area contributed by atoms with Crippen molar-refractivity contribution in [3.05, 3.63) is 42.1 Å². The number of hydrogen-bond donors (Lipinski definition) is 1. The van der Waals surface area contributed by atoms with Gasteiger partial charge in [-0.1, -0.05) is 17.7 Å². The molecule has 0 aliphatic rings. The van der Waals surface area contributed by atoms with Crippen molar-refractivity contribution in [3.8, 4) is 5.75 Å². The summed E-state index contributed by atoms with van der Waals surface area (Å²) in [6.45, 7) is 2.65. The lowest BCUT2D eigenvalue weighted by Gasteiger charge is -2.20. The molecule has 5 nitrogen and oxygen atoms in total. The first kappa shape index (κ1) is 15.4. The topological polar surface area (TPSA) is 58.2 Å². The van der Waals surface area contributed by atoms with Crippen molar-refractivity contribution < 1.29 is 9.53 Å². The Hall–Kier alpha value is -1.95. The number of hydrogen-bond acceptors (Lipinski definition) is 4. The third kappa shape index (κ3) is 4.53. The molecule has 0 aliphatic heterocycles. The molecular formula is C15H19N3O2S. The monoisotopic (exact) mass is 305 g/mol. The summed E-state index contributed by atoms with van der Waals surface area (Å²) in [5.41, 5.74) is 1.16. The molecule has 0 radical (unpaired) electrons. The van der Waals surface area contributed by atoms with E-state index < -0.39 is 0 Å². The van der Waals surface area contributed by atoms with Gasteiger partial charge < -0.3 is 4.74 Å². The molecule has 6 heteroatoms. The van der Waals surface area contributed by atoms with Gasteiger partial charge in [0.25, 0.3) is 5.91 Å². The van der Waals surface area contributed by atoms with E-state index in [4.69, 9.17) is 4.74 Å². The number of aromatic nitrogens is 2. The number of H-pyrrole nitrogens is 1. The number of aromatic amines is 1. The number of carbonyl (C=O) groups excluding carboxylic acids is 1. The van der Waals surface area contributed by atoms with Crippen LogP contribution in [0.5, 0.6) is 5.75 Å². The predicted molar refractivity (Wildman–Crippen MR) is 86.0 cm³/mol. The zero-order chi connectivity index (χ0) is 15.1. The van der Waals surface area contributed by atoms with Crippen molar-refractivity contribution in [2.45, 2.75) is 6.92 Å². The van der Waals surface area contributed by atoms with Gasteiger partial charge in [0.1, 0.15) is 11.6 Å². The minimum Gasteiger partial charge on any atom is -0.484 e. The minimum atomic E-state index is -0.0890. The average molecular weight is 305 g/mol. The van der Waals surface area contributed by atoms with Crippen LogP contribution in [0.2, 0.25) is 0 Å². The number of benzene rings is 1. The molecule has 1 aromatic carbocycles. The first-order valence-electron chi connectivity index (χ1n) is 6.69. The molecule has 1 N–H and O–H groups in total. The summed E-state index contributed by atoms with van der Waals surface area (Å²) in [7, 11) is 0. The number of thioether (sulfide) groups is 1. The average Bonchev–Trinajstić information content (AvgIpc) is 3.01. The maximum Gasteiger partial charge on any atom is 0.266 e. The molecule has 21 heavy (non-hydrogen) atoms. The summed E-state index contributed by atoms with van der Waals surface area (Å²) in [6.07, 6.45) is 3.65. The quantitative estimate of drug-likeness (QED) is 0.854. The highest BCUT2D eigenvalue weighted by atomic mass is 32.2. The van der Waals surface area contributed by atoms with E-state index in [1.807, 2.05) is 37.4 Å². The molecule has 1 aromatic heterocycles. The first-order chi connectivity index (χ1) is 10.2. The third-order valence-electron chi connectivity index (χ3n) is 2.98. The summed E-state index contributed by atoms with van der Waals surface area (Å²) in [5.74, 6) is 2.16. The van der Waals surface area contributed by atoms with Crippen LogP contribution in [0.1, 0.15) is 5.56 Å². The molecule has 0 bridgehead atoms. The van der Waals surface area contributed by atoms with E-state index in [1.165, 1.54) is 0 Å². The Balaban J connectivity index is 1.96. The number of ether oxygens (including phenoxy) is 1. The van der Waals surface area contributed by atoms with E-state index in [0.717, 1.165) is 11.3 Å². The van der Waals surface area contributed by atoms with Gasteiger partial charge in [-0.3, -0.25) is 14.8 Å². The van der Waals surface area contributed by atoms with Crippen molar-refractivity contribution in [2.75, 3.05) is 30.1 Å². The predicted octanol–water partition coefficient (Wildman–Crippen LogP) is 2.49. The molecule has 0 aliphatic carbocycles. The van der Waals surface area contributed by atoms with Crippen LogP contribution in [0.4, 0.5) is 5.82 Å². The number of carbonyl (C=O) groups is 1. The van der Waals surface area contributed by atoms with Crippen LogP contribution in [0, 0.1) is 6.92 Å². The number of rotatable bonds is 7. The number of nitrogens with zero attached hydrogens (tertiary/aromatic N) is 2. The van der Waals surface area contributed by atoms with E-state index in [1.54, 1.807) is 28.9 Å². The SMILES string of the molecule is CSCCN(C(=O)COc1ccc(C)cc1)c1ccn[nH]1. The second-order valence-corrected chi connectivity index (χ2v) is 5.57. The molecule has 2 aromatic rings. The highest BCUT2D eigenvalue weighted by Crippen LogP contribution is 2.14. The lowest BCUT2D eigenvalue weighted by molar-refractivity contribution is -0.120. The summed E-state index contributed by atoms with van der Waals surface area (Å²) in [5, 5.41) is 6.72. The number of anilines is 1. The Morgan fingerprint density at radius 1 is 1.33 bits per heavy atom. The number of amides is 1. The molecule has 1 heterocycles. The summed E-state index contributed by atoms with van der Waals surface area (Å²) in [4.78, 5) is 14.0. The largest absolute Gasteiger partial charge is 0.484 e. The summed E-state index contributed by atoms with van der Waals surface area (Å²) in [6, 6.07) is 9.43. The van der Waals surface area contributed by atoms with E-state index in [-0.39, 0.29) is 12.5 Å². The third-order valence-corrected chi connectivity index (χ3v) is 3.57. The van der Waals surface area contributed by atoms with Gasteiger partial charge in [0, 0.05) is 18.4 Å². The molecule has 0 saturated heterocycles. The van der Waals surface area contributed by atoms with Gasteiger partial charge in [0.2, 0.25) is 0 Å². The van der Waals surface area contributed by atoms with Crippen LogP contribution in [-0.4, -0.2) is 41.3 Å². The van der Waals surface area contributed by atoms with Crippen LogP contribution >= 0.6 is 11.8 Å². The van der Waals surface area contributed by atoms with Crippen molar-refractivity contribution in [1.82, 2.24) is 10.2 Å². The van der Waals surface area contributed by atoms with Crippen LogP contribution in [0.15, 0.2) is 36.5 Å². The maximum absolute atomic E-state index is 12.3. The standard InChI is InChI=1S/C15H19N3O2S/c1-12-3-5-13(6-4-12)20-11-15(19)18(9-10-21-2)14-7-8-16-17-14/h3-8H,9-11H2,1-2H3,(H,16,17). The normalized spacial score (nSPS) is 10.4. The Bertz CT molecular complexity index is 555. The lowest BCUT2D eigenvalue weighted by atomic mass is 10.2. The molecule has 0 unspecified atom stereocenters. The molecule has 0 spiro atoms. The van der Waals surface area contributed by atoms with Crippen LogP contribution < -0.4 is 9.64 Å². The van der Waals surface area contributed by atoms with E-state index in [9.17, 15) is 4.79 Å². The van der Waals surface area contributed by atoms with Gasteiger partial charge in [0.15, 0.2) is 6.61 Å². The highest BCUT2D eigenvalue weighted by molar-refractivity contribution is 7.98. The van der Waals surface area contributed by atoms with Crippen LogP contribution in [0.25, 0.3) is 0 Å². The van der Waals surface area contributed by atoms with Crippen molar-refractivity contribution in [1.29, 1.82) is 0 Å². The molecule has 0 fully saturated rings. The van der Waals surface area contributed by atoms with Gasteiger partial charge in [-0.15, -0.1) is 0 Å². The highest BCUT2D eigenvalue weighted by Gasteiger charge is 2.17. The maximum atomic E-state index is 12.3. The van der Waals surface area contributed by atoms with Crippen LogP contribution in [-0.2, 0) is 4.79 Å². The molecule has 112 valence electrons. The van der Waals surface area contributed by atoms with Gasteiger partial charge >= 0.3 is 0 Å². The minimum absolute atomic E-state index is 0.0104. The Morgan fingerprint density at radius 3 is 2.71 bits per heavy atom. The van der Waals surface area contributed by atoms with E-state index >= 15 is 0 Å². The second-order valence-electron chi connectivity index (χ2n) is 4.58.